The highest BCUT2D eigenvalue weighted by molar-refractivity contribution is 7.13. The number of aliphatic hydroxyl groups excluding tert-OH is 1. The van der Waals surface area contributed by atoms with Gasteiger partial charge in [-0.25, -0.2) is 9.37 Å². The van der Waals surface area contributed by atoms with Gasteiger partial charge in [0.05, 0.1) is 23.7 Å². The fraction of sp³-hybridized carbons (Fsp3) is 0.200. The summed E-state index contributed by atoms with van der Waals surface area (Å²) in [4.78, 5) is 8.11. The van der Waals surface area contributed by atoms with Gasteiger partial charge in [-0.3, -0.25) is 4.98 Å². The maximum Gasteiger partial charge on any atom is 0.142 e. The van der Waals surface area contributed by atoms with E-state index in [2.05, 4.69) is 9.97 Å². The lowest BCUT2D eigenvalue weighted by Crippen LogP contribution is -1.91. The minimum atomic E-state index is -0.588. The Morgan fingerprint density at radius 2 is 2.27 bits per heavy atom. The van der Waals surface area contributed by atoms with Crippen molar-refractivity contribution < 1.29 is 9.50 Å². The van der Waals surface area contributed by atoms with Crippen LogP contribution in [0.15, 0.2) is 23.7 Å². The standard InChI is InChI=1S/C10H9FN2OS/c1-6(14)9-5-15-10(13-9)8-3-2-7(11)4-12-8/h2-6,14H,1H3. The molecule has 0 amide bonds. The van der Waals surface area contributed by atoms with Gasteiger partial charge in [0.2, 0.25) is 0 Å². The van der Waals surface area contributed by atoms with Crippen LogP contribution in [0.4, 0.5) is 4.39 Å². The summed E-state index contributed by atoms with van der Waals surface area (Å²) >= 11 is 1.38. The maximum absolute atomic E-state index is 12.6. The van der Waals surface area contributed by atoms with Crippen molar-refractivity contribution in [3.63, 3.8) is 0 Å². The lowest BCUT2D eigenvalue weighted by molar-refractivity contribution is 0.195. The van der Waals surface area contributed by atoms with Crippen LogP contribution in [0.3, 0.4) is 0 Å². The highest BCUT2D eigenvalue weighted by atomic mass is 32.1. The van der Waals surface area contributed by atoms with E-state index in [9.17, 15) is 9.50 Å². The van der Waals surface area contributed by atoms with Crippen LogP contribution < -0.4 is 0 Å². The Labute approximate surface area is 90.3 Å². The zero-order valence-corrected chi connectivity index (χ0v) is 8.83. The van der Waals surface area contributed by atoms with Crippen LogP contribution in [-0.2, 0) is 0 Å². The van der Waals surface area contributed by atoms with Crippen LogP contribution in [-0.4, -0.2) is 15.1 Å². The van der Waals surface area contributed by atoms with Crippen molar-refractivity contribution in [3.05, 3.63) is 35.2 Å². The average Bonchev–Trinajstić information content (AvgIpc) is 2.68. The van der Waals surface area contributed by atoms with Crippen LogP contribution in [0.5, 0.6) is 0 Å². The van der Waals surface area contributed by atoms with Crippen molar-refractivity contribution in [1.29, 1.82) is 0 Å². The van der Waals surface area contributed by atoms with Crippen molar-refractivity contribution in [1.82, 2.24) is 9.97 Å². The molecule has 0 fully saturated rings. The summed E-state index contributed by atoms with van der Waals surface area (Å²) in [5, 5.41) is 11.7. The number of halogens is 1. The van der Waals surface area contributed by atoms with Gasteiger partial charge in [-0.1, -0.05) is 0 Å². The first-order valence-corrected chi connectivity index (χ1v) is 5.30. The Kier molecular flexibility index (Phi) is 2.75. The number of nitrogens with zero attached hydrogens (tertiary/aromatic N) is 2. The van der Waals surface area contributed by atoms with Crippen LogP contribution in [0.1, 0.15) is 18.7 Å². The monoisotopic (exact) mass is 224 g/mol. The van der Waals surface area contributed by atoms with Crippen molar-refractivity contribution in [2.45, 2.75) is 13.0 Å². The molecule has 0 saturated heterocycles. The second-order valence-electron chi connectivity index (χ2n) is 3.12. The van der Waals surface area contributed by atoms with Gasteiger partial charge >= 0.3 is 0 Å². The molecule has 0 spiro atoms. The van der Waals surface area contributed by atoms with Crippen molar-refractivity contribution >= 4 is 11.3 Å². The Morgan fingerprint density at radius 3 is 2.80 bits per heavy atom. The summed E-state index contributed by atoms with van der Waals surface area (Å²) in [6.45, 7) is 1.65. The number of aromatic nitrogens is 2. The Balaban J connectivity index is 2.33. The minimum Gasteiger partial charge on any atom is -0.387 e. The van der Waals surface area contributed by atoms with E-state index in [-0.39, 0.29) is 5.82 Å². The van der Waals surface area contributed by atoms with Gasteiger partial charge < -0.3 is 5.11 Å². The van der Waals surface area contributed by atoms with Crippen molar-refractivity contribution in [2.24, 2.45) is 0 Å². The van der Waals surface area contributed by atoms with E-state index in [0.29, 0.717) is 16.4 Å². The Hall–Kier alpha value is -1.33. The summed E-state index contributed by atoms with van der Waals surface area (Å²) in [5.41, 5.74) is 1.23. The van der Waals surface area contributed by atoms with E-state index in [1.807, 2.05) is 0 Å². The third-order valence-electron chi connectivity index (χ3n) is 1.90. The van der Waals surface area contributed by atoms with Crippen LogP contribution in [0.2, 0.25) is 0 Å². The molecule has 0 aliphatic carbocycles. The van der Waals surface area contributed by atoms with E-state index in [0.717, 1.165) is 6.20 Å². The molecule has 0 aliphatic heterocycles. The lowest BCUT2D eigenvalue weighted by atomic mass is 10.3. The molecule has 0 radical (unpaired) electrons. The molecule has 2 aromatic rings. The van der Waals surface area contributed by atoms with Gasteiger partial charge in [0.25, 0.3) is 0 Å². The van der Waals surface area contributed by atoms with Crippen LogP contribution in [0.25, 0.3) is 10.7 Å². The third-order valence-corrected chi connectivity index (χ3v) is 2.78. The third kappa shape index (κ3) is 2.19. The Morgan fingerprint density at radius 1 is 1.47 bits per heavy atom. The van der Waals surface area contributed by atoms with Gasteiger partial charge in [0.15, 0.2) is 0 Å². The molecular formula is C10H9FN2OS. The first-order valence-electron chi connectivity index (χ1n) is 4.42. The van der Waals surface area contributed by atoms with Gasteiger partial charge in [0, 0.05) is 5.38 Å². The highest BCUT2D eigenvalue weighted by Crippen LogP contribution is 2.24. The molecule has 2 rings (SSSR count). The molecule has 3 nitrogen and oxygen atoms in total. The molecule has 0 aromatic carbocycles. The van der Waals surface area contributed by atoms with Crippen LogP contribution >= 0.6 is 11.3 Å². The summed E-state index contributed by atoms with van der Waals surface area (Å²) in [6.07, 6.45) is 0.564. The smallest absolute Gasteiger partial charge is 0.142 e. The molecule has 0 aliphatic rings. The number of pyridine rings is 1. The molecule has 2 heterocycles. The van der Waals surface area contributed by atoms with E-state index in [1.54, 1.807) is 18.4 Å². The molecule has 0 saturated carbocycles. The first-order chi connectivity index (χ1) is 7.16. The second-order valence-corrected chi connectivity index (χ2v) is 3.97. The van der Waals surface area contributed by atoms with Crippen LogP contribution in [0, 0.1) is 5.82 Å². The summed E-state index contributed by atoms with van der Waals surface area (Å²) in [7, 11) is 0. The lowest BCUT2D eigenvalue weighted by Gasteiger charge is -1.97. The summed E-state index contributed by atoms with van der Waals surface area (Å²) < 4.78 is 12.6. The van der Waals surface area contributed by atoms with Gasteiger partial charge in [0.1, 0.15) is 10.8 Å². The number of thiazole rings is 1. The highest BCUT2D eigenvalue weighted by Gasteiger charge is 2.09. The fourth-order valence-electron chi connectivity index (χ4n) is 1.10. The SMILES string of the molecule is CC(O)c1csc(-c2ccc(F)cn2)n1. The van der Waals surface area contributed by atoms with E-state index in [4.69, 9.17) is 0 Å². The topological polar surface area (TPSA) is 46.0 Å². The molecule has 78 valence electrons. The first kappa shape index (κ1) is 10.2. The normalized spacial score (nSPS) is 12.7. The average molecular weight is 224 g/mol. The molecule has 15 heavy (non-hydrogen) atoms. The maximum atomic E-state index is 12.6. The van der Waals surface area contributed by atoms with E-state index < -0.39 is 6.10 Å². The largest absolute Gasteiger partial charge is 0.387 e. The number of hydrogen-bond donors (Lipinski definition) is 1. The molecule has 5 heteroatoms. The van der Waals surface area contributed by atoms with E-state index >= 15 is 0 Å². The Bertz CT molecular complexity index is 453. The summed E-state index contributed by atoms with van der Waals surface area (Å²) in [6, 6.07) is 2.91. The number of hydrogen-bond acceptors (Lipinski definition) is 4. The molecule has 1 unspecified atom stereocenters. The molecule has 1 N–H and O–H groups in total. The van der Waals surface area contributed by atoms with Gasteiger partial charge in [-0.15, -0.1) is 11.3 Å². The van der Waals surface area contributed by atoms with Gasteiger partial charge in [-0.2, -0.15) is 0 Å². The number of aliphatic hydroxyl groups is 1. The molecular weight excluding hydrogens is 215 g/mol. The van der Waals surface area contributed by atoms with E-state index in [1.165, 1.54) is 17.4 Å². The zero-order chi connectivity index (χ0) is 10.8. The molecule has 0 bridgehead atoms. The minimum absolute atomic E-state index is 0.369. The number of rotatable bonds is 2. The van der Waals surface area contributed by atoms with Crippen molar-refractivity contribution in [3.8, 4) is 10.7 Å². The molecule has 2 aromatic heterocycles. The summed E-state index contributed by atoms with van der Waals surface area (Å²) in [5.74, 6) is -0.369. The van der Waals surface area contributed by atoms with Crippen molar-refractivity contribution in [2.75, 3.05) is 0 Å². The quantitative estimate of drug-likeness (QED) is 0.852. The predicted octanol–water partition coefficient (Wildman–Crippen LogP) is 2.40. The predicted molar refractivity (Wildman–Crippen MR) is 55.9 cm³/mol. The zero-order valence-electron chi connectivity index (χ0n) is 8.01. The fourth-order valence-corrected chi connectivity index (χ4v) is 1.98. The second kappa shape index (κ2) is 4.04. The molecule has 1 atom stereocenters. The van der Waals surface area contributed by atoms with Gasteiger partial charge in [-0.05, 0) is 19.1 Å².